The van der Waals surface area contributed by atoms with Crippen LogP contribution < -0.4 is 4.74 Å². The van der Waals surface area contributed by atoms with Crippen LogP contribution in [-0.2, 0) is 6.61 Å². The van der Waals surface area contributed by atoms with Gasteiger partial charge in [-0.2, -0.15) is 0 Å². The molecular formula is C13H14N2O. The van der Waals surface area contributed by atoms with Crippen LogP contribution in [0.25, 0.3) is 0 Å². The van der Waals surface area contributed by atoms with E-state index in [4.69, 9.17) is 4.74 Å². The molecule has 3 nitrogen and oxygen atoms in total. The van der Waals surface area contributed by atoms with Crippen molar-refractivity contribution in [2.45, 2.75) is 20.5 Å². The number of aromatic nitrogens is 2. The van der Waals surface area contributed by atoms with Gasteiger partial charge in [-0.05, 0) is 31.5 Å². The molecule has 0 aliphatic rings. The van der Waals surface area contributed by atoms with Crippen molar-refractivity contribution in [2.75, 3.05) is 0 Å². The molecule has 0 spiro atoms. The first kappa shape index (κ1) is 10.6. The van der Waals surface area contributed by atoms with E-state index in [1.165, 1.54) is 5.56 Å². The van der Waals surface area contributed by atoms with Crippen molar-refractivity contribution in [3.8, 4) is 5.75 Å². The predicted octanol–water partition coefficient (Wildman–Crippen LogP) is 2.67. The summed E-state index contributed by atoms with van der Waals surface area (Å²) in [4.78, 5) is 8.21. The average molecular weight is 214 g/mol. The lowest BCUT2D eigenvalue weighted by molar-refractivity contribution is 0.293. The van der Waals surface area contributed by atoms with Crippen LogP contribution in [0.2, 0.25) is 0 Å². The van der Waals surface area contributed by atoms with E-state index in [1.54, 1.807) is 18.5 Å². The molecule has 0 aliphatic carbocycles. The number of hydrogen-bond donors (Lipinski definition) is 0. The highest BCUT2D eigenvalue weighted by Gasteiger charge is 2.01. The summed E-state index contributed by atoms with van der Waals surface area (Å²) in [6.45, 7) is 4.51. The van der Waals surface area contributed by atoms with E-state index in [0.717, 1.165) is 11.3 Å². The van der Waals surface area contributed by atoms with Crippen LogP contribution >= 0.6 is 0 Å². The van der Waals surface area contributed by atoms with Gasteiger partial charge in [0.2, 0.25) is 0 Å². The maximum atomic E-state index is 5.65. The first-order valence-corrected chi connectivity index (χ1v) is 5.21. The van der Waals surface area contributed by atoms with Gasteiger partial charge in [-0.15, -0.1) is 0 Å². The van der Waals surface area contributed by atoms with Crippen molar-refractivity contribution in [2.24, 2.45) is 0 Å². The number of benzene rings is 1. The van der Waals surface area contributed by atoms with Crippen LogP contribution in [-0.4, -0.2) is 9.97 Å². The molecule has 0 atom stereocenters. The molecule has 0 bridgehead atoms. The topological polar surface area (TPSA) is 35.0 Å². The minimum absolute atomic E-state index is 0.407. The highest BCUT2D eigenvalue weighted by molar-refractivity contribution is 5.35. The molecule has 0 amide bonds. The smallest absolute Gasteiger partial charge is 0.166 e. The summed E-state index contributed by atoms with van der Waals surface area (Å²) in [6.07, 6.45) is 3.43. The normalized spacial score (nSPS) is 10.1. The molecule has 82 valence electrons. The van der Waals surface area contributed by atoms with Gasteiger partial charge in [0.25, 0.3) is 0 Å². The third kappa shape index (κ3) is 2.57. The van der Waals surface area contributed by atoms with E-state index in [0.29, 0.717) is 12.4 Å². The Morgan fingerprint density at radius 2 is 1.88 bits per heavy atom. The van der Waals surface area contributed by atoms with E-state index in [9.17, 15) is 0 Å². The van der Waals surface area contributed by atoms with Crippen LogP contribution in [0.4, 0.5) is 0 Å². The quantitative estimate of drug-likeness (QED) is 0.787. The zero-order valence-electron chi connectivity index (χ0n) is 9.47. The van der Waals surface area contributed by atoms with Crippen LogP contribution in [0, 0.1) is 13.8 Å². The maximum Gasteiger partial charge on any atom is 0.166 e. The lowest BCUT2D eigenvalue weighted by atomic mass is 10.1. The Morgan fingerprint density at radius 1 is 1.12 bits per heavy atom. The third-order valence-electron chi connectivity index (χ3n) is 2.31. The molecule has 2 aromatic rings. The van der Waals surface area contributed by atoms with Crippen molar-refractivity contribution in [1.82, 2.24) is 9.97 Å². The van der Waals surface area contributed by atoms with E-state index in [-0.39, 0.29) is 0 Å². The van der Waals surface area contributed by atoms with Gasteiger partial charge in [0.15, 0.2) is 5.82 Å². The largest absolute Gasteiger partial charge is 0.485 e. The van der Waals surface area contributed by atoms with Gasteiger partial charge in [-0.25, -0.2) is 9.97 Å². The van der Waals surface area contributed by atoms with E-state index >= 15 is 0 Å². The Bertz CT molecular complexity index is 469. The van der Waals surface area contributed by atoms with Gasteiger partial charge in [0.05, 0.1) is 0 Å². The van der Waals surface area contributed by atoms with Gasteiger partial charge in [-0.3, -0.25) is 0 Å². The molecule has 3 heteroatoms. The molecule has 0 unspecified atom stereocenters. The summed E-state index contributed by atoms with van der Waals surface area (Å²) in [6, 6.07) is 7.91. The molecule has 0 fully saturated rings. The zero-order valence-corrected chi connectivity index (χ0v) is 9.47. The van der Waals surface area contributed by atoms with E-state index in [1.807, 2.05) is 19.1 Å². The molecule has 0 saturated heterocycles. The molecule has 16 heavy (non-hydrogen) atoms. The second-order valence-electron chi connectivity index (χ2n) is 3.72. The van der Waals surface area contributed by atoms with E-state index < -0.39 is 0 Å². The van der Waals surface area contributed by atoms with Gasteiger partial charge >= 0.3 is 0 Å². The monoisotopic (exact) mass is 214 g/mol. The van der Waals surface area contributed by atoms with Crippen molar-refractivity contribution >= 4 is 0 Å². The molecule has 0 N–H and O–H groups in total. The summed E-state index contributed by atoms with van der Waals surface area (Å²) < 4.78 is 5.65. The first-order valence-electron chi connectivity index (χ1n) is 5.21. The van der Waals surface area contributed by atoms with Gasteiger partial charge in [0, 0.05) is 12.4 Å². The van der Waals surface area contributed by atoms with Crippen molar-refractivity contribution < 1.29 is 4.74 Å². The Hall–Kier alpha value is -1.90. The molecule has 0 saturated carbocycles. The van der Waals surface area contributed by atoms with Crippen molar-refractivity contribution in [3.05, 3.63) is 53.6 Å². The summed E-state index contributed by atoms with van der Waals surface area (Å²) in [5.74, 6) is 1.58. The second kappa shape index (κ2) is 4.75. The fraction of sp³-hybridized carbons (Fsp3) is 0.231. The molecule has 2 rings (SSSR count). The maximum absolute atomic E-state index is 5.65. The van der Waals surface area contributed by atoms with Crippen LogP contribution in [0.5, 0.6) is 5.75 Å². The molecule has 1 heterocycles. The predicted molar refractivity (Wildman–Crippen MR) is 62.3 cm³/mol. The zero-order chi connectivity index (χ0) is 11.4. The minimum Gasteiger partial charge on any atom is -0.485 e. The summed E-state index contributed by atoms with van der Waals surface area (Å²) in [5, 5.41) is 0. The van der Waals surface area contributed by atoms with Gasteiger partial charge < -0.3 is 4.74 Å². The number of ether oxygens (including phenoxy) is 1. The molecule has 1 aromatic heterocycles. The van der Waals surface area contributed by atoms with Gasteiger partial charge in [0.1, 0.15) is 12.4 Å². The summed E-state index contributed by atoms with van der Waals surface area (Å²) in [7, 11) is 0. The second-order valence-corrected chi connectivity index (χ2v) is 3.72. The van der Waals surface area contributed by atoms with Gasteiger partial charge in [-0.1, -0.05) is 17.7 Å². The standard InChI is InChI=1S/C13H14N2O/c1-10-4-5-12(11(2)8-10)16-9-13-14-6-3-7-15-13/h3-8H,9H2,1-2H3. The number of nitrogens with zero attached hydrogens (tertiary/aromatic N) is 2. The fourth-order valence-corrected chi connectivity index (χ4v) is 1.51. The highest BCUT2D eigenvalue weighted by atomic mass is 16.5. The van der Waals surface area contributed by atoms with Crippen molar-refractivity contribution in [1.29, 1.82) is 0 Å². The van der Waals surface area contributed by atoms with E-state index in [2.05, 4.69) is 23.0 Å². The summed E-state index contributed by atoms with van der Waals surface area (Å²) >= 11 is 0. The minimum atomic E-state index is 0.407. The SMILES string of the molecule is Cc1ccc(OCc2ncccn2)c(C)c1. The van der Waals surface area contributed by atoms with Crippen LogP contribution in [0.1, 0.15) is 17.0 Å². The molecule has 0 radical (unpaired) electrons. The lowest BCUT2D eigenvalue weighted by Crippen LogP contribution is -2.01. The average Bonchev–Trinajstić information content (AvgIpc) is 2.29. The molecule has 0 aliphatic heterocycles. The highest BCUT2D eigenvalue weighted by Crippen LogP contribution is 2.19. The lowest BCUT2D eigenvalue weighted by Gasteiger charge is -2.08. The Morgan fingerprint density at radius 3 is 2.56 bits per heavy atom. The molecule has 1 aromatic carbocycles. The third-order valence-corrected chi connectivity index (χ3v) is 2.31. The van der Waals surface area contributed by atoms with Crippen molar-refractivity contribution in [3.63, 3.8) is 0 Å². The molecular weight excluding hydrogens is 200 g/mol. The summed E-state index contributed by atoms with van der Waals surface area (Å²) in [5.41, 5.74) is 2.37. The van der Waals surface area contributed by atoms with Crippen LogP contribution in [0.3, 0.4) is 0 Å². The fourth-order valence-electron chi connectivity index (χ4n) is 1.51. The number of hydrogen-bond acceptors (Lipinski definition) is 3. The number of rotatable bonds is 3. The number of aryl methyl sites for hydroxylation is 2. The Labute approximate surface area is 95.1 Å². The Balaban J connectivity index is 2.05. The first-order chi connectivity index (χ1) is 7.75. The Kier molecular flexibility index (Phi) is 3.15. The van der Waals surface area contributed by atoms with Crippen LogP contribution in [0.15, 0.2) is 36.7 Å².